The van der Waals surface area contributed by atoms with Crippen LogP contribution in [-0.2, 0) is 21.4 Å². The Hall–Kier alpha value is -2.29. The molecule has 150 valence electrons. The molecule has 2 aromatic carbocycles. The number of nitrogens with zero attached hydrogens (tertiary/aromatic N) is 1. The monoisotopic (exact) mass is 424 g/mol. The lowest BCUT2D eigenvalue weighted by Gasteiger charge is -2.27. The van der Waals surface area contributed by atoms with Gasteiger partial charge >= 0.3 is 0 Å². The van der Waals surface area contributed by atoms with Crippen molar-refractivity contribution in [2.75, 3.05) is 20.8 Å². The summed E-state index contributed by atoms with van der Waals surface area (Å²) in [6, 6.07) is 10.3. The van der Waals surface area contributed by atoms with Crippen LogP contribution in [0.3, 0.4) is 0 Å². The third kappa shape index (κ3) is 4.09. The molecule has 2 aromatic rings. The quantitative estimate of drug-likeness (QED) is 0.737. The van der Waals surface area contributed by atoms with Crippen molar-refractivity contribution in [3.8, 4) is 11.5 Å². The van der Waals surface area contributed by atoms with E-state index in [0.29, 0.717) is 35.1 Å². The summed E-state index contributed by atoms with van der Waals surface area (Å²) in [7, 11) is -0.892. The number of sulfonamides is 1. The summed E-state index contributed by atoms with van der Waals surface area (Å²) in [5, 5.41) is 3.13. The van der Waals surface area contributed by atoms with Crippen molar-refractivity contribution in [1.82, 2.24) is 9.62 Å². The van der Waals surface area contributed by atoms with Crippen LogP contribution in [0.5, 0.6) is 11.5 Å². The van der Waals surface area contributed by atoms with Crippen LogP contribution in [0.25, 0.3) is 0 Å². The zero-order chi connectivity index (χ0) is 20.3. The molecule has 0 aliphatic carbocycles. The average Bonchev–Trinajstić information content (AvgIpc) is 3.11. The number of hydrogen-bond donors (Lipinski definition) is 1. The second kappa shape index (κ2) is 8.38. The number of carbonyl (C=O) groups is 1. The number of nitrogens with one attached hydrogen (secondary N) is 1. The summed E-state index contributed by atoms with van der Waals surface area (Å²) in [6.07, 6.45) is 0.402. The highest BCUT2D eigenvalue weighted by atomic mass is 35.5. The Morgan fingerprint density at radius 3 is 2.36 bits per heavy atom. The van der Waals surface area contributed by atoms with Gasteiger partial charge in [-0.15, -0.1) is 0 Å². The lowest BCUT2D eigenvalue weighted by Crippen LogP contribution is -2.43. The molecule has 9 heteroatoms. The summed E-state index contributed by atoms with van der Waals surface area (Å²) in [5.41, 5.74) is 0.676. The fraction of sp³-hybridized carbons (Fsp3) is 0.316. The van der Waals surface area contributed by atoms with Gasteiger partial charge in [0.05, 0.1) is 19.1 Å². The number of benzene rings is 2. The Labute approximate surface area is 169 Å². The molecule has 0 saturated carbocycles. The van der Waals surface area contributed by atoms with Gasteiger partial charge in [0.15, 0.2) is 11.5 Å². The molecule has 7 nitrogen and oxygen atoms in total. The highest BCUT2D eigenvalue weighted by Gasteiger charge is 2.38. The molecule has 3 rings (SSSR count). The largest absolute Gasteiger partial charge is 0.493 e. The first-order valence-corrected chi connectivity index (χ1v) is 10.4. The van der Waals surface area contributed by atoms with Crippen molar-refractivity contribution in [3.63, 3.8) is 0 Å². The van der Waals surface area contributed by atoms with Crippen LogP contribution >= 0.6 is 11.6 Å². The normalized spacial score (nSPS) is 16.9. The van der Waals surface area contributed by atoms with E-state index in [4.69, 9.17) is 21.1 Å². The van der Waals surface area contributed by atoms with Crippen molar-refractivity contribution >= 4 is 27.5 Å². The maximum Gasteiger partial charge on any atom is 0.244 e. The van der Waals surface area contributed by atoms with Gasteiger partial charge in [-0.3, -0.25) is 4.79 Å². The lowest BCUT2D eigenvalue weighted by atomic mass is 10.1. The highest BCUT2D eigenvalue weighted by molar-refractivity contribution is 7.89. The van der Waals surface area contributed by atoms with E-state index >= 15 is 0 Å². The molecule has 1 N–H and O–H groups in total. The molecular weight excluding hydrogens is 404 g/mol. The zero-order valence-electron chi connectivity index (χ0n) is 15.5. The number of carbonyl (C=O) groups excluding carboxylic acids is 1. The predicted molar refractivity (Wildman–Crippen MR) is 105 cm³/mol. The molecule has 1 amide bonds. The van der Waals surface area contributed by atoms with Gasteiger partial charge in [-0.1, -0.05) is 17.7 Å². The van der Waals surface area contributed by atoms with E-state index in [9.17, 15) is 13.2 Å². The van der Waals surface area contributed by atoms with E-state index < -0.39 is 16.1 Å². The minimum atomic E-state index is -3.93. The molecule has 0 radical (unpaired) electrons. The Balaban J connectivity index is 2.00. The molecular formula is C19H21ClN2O5S. The van der Waals surface area contributed by atoms with Crippen LogP contribution in [0.15, 0.2) is 47.4 Å². The number of hydrogen-bond acceptors (Lipinski definition) is 5. The maximum absolute atomic E-state index is 13.3. The smallest absolute Gasteiger partial charge is 0.244 e. The van der Waals surface area contributed by atoms with Crippen LogP contribution in [0.4, 0.5) is 0 Å². The van der Waals surface area contributed by atoms with Gasteiger partial charge in [0.2, 0.25) is 15.9 Å². The van der Waals surface area contributed by atoms with E-state index in [-0.39, 0.29) is 17.3 Å². The Morgan fingerprint density at radius 1 is 1.11 bits per heavy atom. The van der Waals surface area contributed by atoms with Crippen LogP contribution in [0.2, 0.25) is 5.02 Å². The van der Waals surface area contributed by atoms with Crippen molar-refractivity contribution in [1.29, 1.82) is 0 Å². The Kier molecular flexibility index (Phi) is 6.12. The fourth-order valence-electron chi connectivity index (χ4n) is 3.12. The van der Waals surface area contributed by atoms with Gasteiger partial charge in [-0.25, -0.2) is 8.42 Å². The molecule has 0 bridgehead atoms. The molecule has 1 atom stereocenters. The molecule has 1 aliphatic heterocycles. The van der Waals surface area contributed by atoms with Crippen molar-refractivity contribution in [3.05, 3.63) is 53.1 Å². The minimum Gasteiger partial charge on any atom is -0.493 e. The molecule has 1 fully saturated rings. The lowest BCUT2D eigenvalue weighted by molar-refractivity contribution is -0.122. The SMILES string of the molecule is COc1ccc(CN(C2CCNC2=O)S(=O)(=O)c2ccc(Cl)cc2)cc1OC. The first kappa shape index (κ1) is 20.4. The standard InChI is InChI=1S/C19H21ClN2O5S/c1-26-17-8-3-13(11-18(17)27-2)12-22(16-9-10-21-19(16)23)28(24,25)15-6-4-14(20)5-7-15/h3-8,11,16H,9-10,12H2,1-2H3,(H,21,23). The Bertz CT molecular complexity index is 963. The second-order valence-corrected chi connectivity index (χ2v) is 8.62. The predicted octanol–water partition coefficient (Wildman–Crippen LogP) is 2.44. The molecule has 1 aliphatic rings. The summed E-state index contributed by atoms with van der Waals surface area (Å²) >= 11 is 5.89. The second-order valence-electron chi connectivity index (χ2n) is 6.29. The summed E-state index contributed by atoms with van der Waals surface area (Å²) in [5.74, 6) is 0.717. The first-order valence-electron chi connectivity index (χ1n) is 8.63. The number of amides is 1. The number of ether oxygens (including phenoxy) is 2. The van der Waals surface area contributed by atoms with Gasteiger partial charge in [-0.05, 0) is 48.4 Å². The van der Waals surface area contributed by atoms with Gasteiger partial charge in [0.1, 0.15) is 6.04 Å². The maximum atomic E-state index is 13.3. The Morgan fingerprint density at radius 2 is 1.79 bits per heavy atom. The van der Waals surface area contributed by atoms with Gasteiger partial charge < -0.3 is 14.8 Å². The van der Waals surface area contributed by atoms with E-state index in [1.165, 1.54) is 42.8 Å². The first-order chi connectivity index (χ1) is 13.4. The summed E-state index contributed by atoms with van der Waals surface area (Å²) in [4.78, 5) is 12.4. The van der Waals surface area contributed by atoms with E-state index in [1.807, 2.05) is 0 Å². The van der Waals surface area contributed by atoms with Crippen molar-refractivity contribution in [2.45, 2.75) is 23.9 Å². The van der Waals surface area contributed by atoms with Gasteiger partial charge in [-0.2, -0.15) is 4.31 Å². The number of methoxy groups -OCH3 is 2. The number of halogens is 1. The van der Waals surface area contributed by atoms with Crippen LogP contribution < -0.4 is 14.8 Å². The van der Waals surface area contributed by atoms with Crippen LogP contribution in [0, 0.1) is 0 Å². The minimum absolute atomic E-state index is 0.0173. The van der Waals surface area contributed by atoms with Crippen LogP contribution in [-0.4, -0.2) is 45.4 Å². The third-order valence-electron chi connectivity index (χ3n) is 4.57. The number of rotatable bonds is 7. The third-order valence-corrected chi connectivity index (χ3v) is 6.69. The zero-order valence-corrected chi connectivity index (χ0v) is 17.1. The fourth-order valence-corrected chi connectivity index (χ4v) is 4.85. The molecule has 0 aromatic heterocycles. The molecule has 1 saturated heterocycles. The molecule has 1 unspecified atom stereocenters. The average molecular weight is 425 g/mol. The van der Waals surface area contributed by atoms with E-state index in [1.54, 1.807) is 18.2 Å². The molecule has 28 heavy (non-hydrogen) atoms. The van der Waals surface area contributed by atoms with Gasteiger partial charge in [0.25, 0.3) is 0 Å². The summed E-state index contributed by atoms with van der Waals surface area (Å²) < 4.78 is 38.4. The van der Waals surface area contributed by atoms with Crippen molar-refractivity contribution in [2.24, 2.45) is 0 Å². The van der Waals surface area contributed by atoms with Crippen molar-refractivity contribution < 1.29 is 22.7 Å². The summed E-state index contributed by atoms with van der Waals surface area (Å²) in [6.45, 7) is 0.450. The highest BCUT2D eigenvalue weighted by Crippen LogP contribution is 2.30. The van der Waals surface area contributed by atoms with E-state index in [0.717, 1.165) is 0 Å². The topological polar surface area (TPSA) is 84.9 Å². The molecule has 0 spiro atoms. The van der Waals surface area contributed by atoms with Crippen LogP contribution in [0.1, 0.15) is 12.0 Å². The molecule has 1 heterocycles. The van der Waals surface area contributed by atoms with E-state index in [2.05, 4.69) is 5.32 Å². The van der Waals surface area contributed by atoms with Gasteiger partial charge in [0, 0.05) is 18.1 Å².